The number of anilines is 2. The molecule has 1 fully saturated rings. The quantitative estimate of drug-likeness (QED) is 0.827. The number of carbonyl (C=O) groups is 1. The van der Waals surface area contributed by atoms with Gasteiger partial charge in [0.1, 0.15) is 5.82 Å². The highest BCUT2D eigenvalue weighted by Crippen LogP contribution is 2.38. The minimum absolute atomic E-state index is 0.334. The molecule has 20 heavy (non-hydrogen) atoms. The Hall–Kier alpha value is -1.78. The van der Waals surface area contributed by atoms with Crippen LogP contribution < -0.4 is 11.1 Å². The van der Waals surface area contributed by atoms with Crippen LogP contribution >= 0.6 is 0 Å². The molecule has 1 atom stereocenters. The molecule has 1 saturated carbocycles. The van der Waals surface area contributed by atoms with Crippen molar-refractivity contribution in [2.24, 2.45) is 5.41 Å². The lowest BCUT2D eigenvalue weighted by Gasteiger charge is -2.18. The molecule has 1 aliphatic carbocycles. The van der Waals surface area contributed by atoms with Gasteiger partial charge in [-0.05, 0) is 37.7 Å². The first kappa shape index (κ1) is 14.6. The maximum atomic E-state index is 11.8. The first-order valence-electron chi connectivity index (χ1n) is 7.10. The first-order valence-corrected chi connectivity index (χ1v) is 7.10. The van der Waals surface area contributed by atoms with Gasteiger partial charge in [0.05, 0.1) is 24.1 Å². The fourth-order valence-electron chi connectivity index (χ4n) is 2.70. The summed E-state index contributed by atoms with van der Waals surface area (Å²) in [7, 11) is 0. The number of nitrogens with one attached hydrogen (secondary N) is 1. The van der Waals surface area contributed by atoms with Gasteiger partial charge in [-0.25, -0.2) is 9.78 Å². The maximum Gasteiger partial charge on any atom is 0.340 e. The van der Waals surface area contributed by atoms with Crippen LogP contribution in [0.2, 0.25) is 0 Å². The maximum absolute atomic E-state index is 11.8. The van der Waals surface area contributed by atoms with Crippen LogP contribution in [0.25, 0.3) is 0 Å². The van der Waals surface area contributed by atoms with Gasteiger partial charge in [0.2, 0.25) is 0 Å². The summed E-state index contributed by atoms with van der Waals surface area (Å²) in [4.78, 5) is 16.0. The van der Waals surface area contributed by atoms with Gasteiger partial charge in [-0.2, -0.15) is 0 Å². The van der Waals surface area contributed by atoms with Gasteiger partial charge in [-0.3, -0.25) is 0 Å². The molecule has 1 aromatic rings. The number of pyridine rings is 1. The highest BCUT2D eigenvalue weighted by Gasteiger charge is 2.31. The Morgan fingerprint density at radius 2 is 2.35 bits per heavy atom. The standard InChI is InChI=1S/C15H23N3O2/c1-4-20-14(19)11-7-13(17-9-12(11)16)18-10-5-6-15(2,3)8-10/h7,9-10H,4-6,8,16H2,1-3H3,(H,17,18). The normalized spacial score (nSPS) is 20.6. The molecule has 0 saturated heterocycles. The Kier molecular flexibility index (Phi) is 4.16. The van der Waals surface area contributed by atoms with Crippen LogP contribution in [-0.4, -0.2) is 23.6 Å². The zero-order valence-electron chi connectivity index (χ0n) is 12.4. The van der Waals surface area contributed by atoms with Gasteiger partial charge in [0.25, 0.3) is 0 Å². The van der Waals surface area contributed by atoms with Gasteiger partial charge in [-0.1, -0.05) is 13.8 Å². The minimum atomic E-state index is -0.401. The van der Waals surface area contributed by atoms with E-state index < -0.39 is 5.97 Å². The molecule has 1 unspecified atom stereocenters. The van der Waals surface area contributed by atoms with Crippen molar-refractivity contribution in [1.29, 1.82) is 0 Å². The topological polar surface area (TPSA) is 77.2 Å². The molecule has 0 spiro atoms. The molecule has 1 aromatic heterocycles. The summed E-state index contributed by atoms with van der Waals surface area (Å²) < 4.78 is 4.99. The van der Waals surface area contributed by atoms with Crippen LogP contribution in [0.15, 0.2) is 12.3 Å². The lowest BCUT2D eigenvalue weighted by molar-refractivity contribution is 0.0527. The lowest BCUT2D eigenvalue weighted by atomic mass is 9.92. The summed E-state index contributed by atoms with van der Waals surface area (Å²) in [6.45, 7) is 6.65. The van der Waals surface area contributed by atoms with E-state index in [0.29, 0.717) is 35.1 Å². The summed E-state index contributed by atoms with van der Waals surface area (Å²) in [5, 5.41) is 3.39. The largest absolute Gasteiger partial charge is 0.462 e. The second-order valence-electron chi connectivity index (χ2n) is 6.13. The Labute approximate surface area is 119 Å². The highest BCUT2D eigenvalue weighted by atomic mass is 16.5. The van der Waals surface area contributed by atoms with Gasteiger partial charge in [0.15, 0.2) is 0 Å². The molecule has 0 aromatic carbocycles. The molecule has 0 aliphatic heterocycles. The third-order valence-electron chi connectivity index (χ3n) is 3.75. The molecule has 1 aliphatic rings. The van der Waals surface area contributed by atoms with E-state index in [4.69, 9.17) is 10.5 Å². The average Bonchev–Trinajstić information content (AvgIpc) is 2.71. The molecule has 3 N–H and O–H groups in total. The molecule has 5 nitrogen and oxygen atoms in total. The Morgan fingerprint density at radius 3 is 2.95 bits per heavy atom. The number of esters is 1. The van der Waals surface area contributed by atoms with Gasteiger partial charge < -0.3 is 15.8 Å². The summed E-state index contributed by atoms with van der Waals surface area (Å²) in [6.07, 6.45) is 4.93. The number of rotatable bonds is 4. The molecule has 110 valence electrons. The van der Waals surface area contributed by atoms with E-state index in [-0.39, 0.29) is 0 Å². The van der Waals surface area contributed by atoms with Crippen LogP contribution in [0, 0.1) is 5.41 Å². The van der Waals surface area contributed by atoms with Crippen molar-refractivity contribution in [3.05, 3.63) is 17.8 Å². The van der Waals surface area contributed by atoms with Crippen molar-refractivity contribution < 1.29 is 9.53 Å². The monoisotopic (exact) mass is 277 g/mol. The number of aromatic nitrogens is 1. The summed E-state index contributed by atoms with van der Waals surface area (Å²) in [5.41, 5.74) is 6.88. The van der Waals surface area contributed by atoms with Crippen molar-refractivity contribution in [2.75, 3.05) is 17.7 Å². The number of nitrogen functional groups attached to an aromatic ring is 1. The third kappa shape index (κ3) is 3.40. The summed E-state index contributed by atoms with van der Waals surface area (Å²) in [5.74, 6) is 0.284. The lowest BCUT2D eigenvalue weighted by Crippen LogP contribution is -2.19. The Bertz CT molecular complexity index is 500. The number of nitrogens with two attached hydrogens (primary N) is 1. The van der Waals surface area contributed by atoms with E-state index in [9.17, 15) is 4.79 Å². The van der Waals surface area contributed by atoms with Gasteiger partial charge >= 0.3 is 5.97 Å². The number of ether oxygens (including phenoxy) is 1. The van der Waals surface area contributed by atoms with Crippen molar-refractivity contribution in [1.82, 2.24) is 4.98 Å². The van der Waals surface area contributed by atoms with E-state index in [1.54, 1.807) is 13.0 Å². The second kappa shape index (κ2) is 5.69. The Morgan fingerprint density at radius 1 is 1.60 bits per heavy atom. The van der Waals surface area contributed by atoms with E-state index >= 15 is 0 Å². The average molecular weight is 277 g/mol. The van der Waals surface area contributed by atoms with Crippen molar-refractivity contribution in [2.45, 2.75) is 46.1 Å². The SMILES string of the molecule is CCOC(=O)c1cc(NC2CCC(C)(C)C2)ncc1N. The van der Waals surface area contributed by atoms with E-state index in [1.165, 1.54) is 12.6 Å². The highest BCUT2D eigenvalue weighted by molar-refractivity contribution is 5.95. The Balaban J connectivity index is 2.10. The molecule has 2 rings (SSSR count). The van der Waals surface area contributed by atoms with Crippen LogP contribution in [0.3, 0.4) is 0 Å². The van der Waals surface area contributed by atoms with Crippen molar-refractivity contribution in [3.8, 4) is 0 Å². The first-order chi connectivity index (χ1) is 9.41. The van der Waals surface area contributed by atoms with E-state index in [1.807, 2.05) is 0 Å². The molecular weight excluding hydrogens is 254 g/mol. The number of carbonyl (C=O) groups excluding carboxylic acids is 1. The van der Waals surface area contributed by atoms with Crippen molar-refractivity contribution in [3.63, 3.8) is 0 Å². The molecule has 5 heteroatoms. The minimum Gasteiger partial charge on any atom is -0.462 e. The second-order valence-corrected chi connectivity index (χ2v) is 6.13. The third-order valence-corrected chi connectivity index (χ3v) is 3.75. The zero-order chi connectivity index (χ0) is 14.8. The summed E-state index contributed by atoms with van der Waals surface area (Å²) >= 11 is 0. The molecule has 1 heterocycles. The zero-order valence-corrected chi connectivity index (χ0v) is 12.4. The van der Waals surface area contributed by atoms with Crippen LogP contribution in [0.1, 0.15) is 50.4 Å². The predicted molar refractivity (Wildman–Crippen MR) is 79.6 cm³/mol. The van der Waals surface area contributed by atoms with Crippen LogP contribution in [-0.2, 0) is 4.74 Å². The van der Waals surface area contributed by atoms with Crippen molar-refractivity contribution >= 4 is 17.5 Å². The number of nitrogens with zero attached hydrogens (tertiary/aromatic N) is 1. The smallest absolute Gasteiger partial charge is 0.340 e. The summed E-state index contributed by atoms with van der Waals surface area (Å²) in [6, 6.07) is 2.08. The van der Waals surface area contributed by atoms with E-state index in [2.05, 4.69) is 24.1 Å². The van der Waals surface area contributed by atoms with Gasteiger partial charge in [-0.15, -0.1) is 0 Å². The number of hydrogen-bond donors (Lipinski definition) is 2. The van der Waals surface area contributed by atoms with Gasteiger partial charge in [0, 0.05) is 6.04 Å². The van der Waals surface area contributed by atoms with E-state index in [0.717, 1.165) is 12.8 Å². The van der Waals surface area contributed by atoms with Crippen LogP contribution in [0.5, 0.6) is 0 Å². The predicted octanol–water partition coefficient (Wildman–Crippen LogP) is 2.83. The molecule has 0 bridgehead atoms. The molecule has 0 amide bonds. The fraction of sp³-hybridized carbons (Fsp3) is 0.600. The number of hydrogen-bond acceptors (Lipinski definition) is 5. The fourth-order valence-corrected chi connectivity index (χ4v) is 2.70. The van der Waals surface area contributed by atoms with Crippen LogP contribution in [0.4, 0.5) is 11.5 Å². The molecular formula is C15H23N3O2. The molecule has 0 radical (unpaired) electrons.